The van der Waals surface area contributed by atoms with Crippen LogP contribution in [0, 0.1) is 32.9 Å². The number of hydrogen-bond donors (Lipinski definition) is 1. The van der Waals surface area contributed by atoms with Crippen LogP contribution < -0.4 is 78.9 Å². The Hall–Kier alpha value is -3.15. The summed E-state index contributed by atoms with van der Waals surface area (Å²) in [5.74, 6) is -2.62. The molecule has 1 unspecified atom stereocenters. The Morgan fingerprint density at radius 2 is 1.73 bits per heavy atom. The summed E-state index contributed by atoms with van der Waals surface area (Å²) in [5, 5.41) is 2.61. The molecule has 0 radical (unpaired) electrons. The molecule has 1 atom stereocenters. The number of carbonyl (C=O) groups excluding carboxylic acids is 3. The van der Waals surface area contributed by atoms with Gasteiger partial charge in [-0.25, -0.2) is 8.78 Å². The number of carbonyl (C=O) groups is 3. The third kappa shape index (κ3) is 13.1. The van der Waals surface area contributed by atoms with Gasteiger partial charge in [0, 0.05) is 36.5 Å². The van der Waals surface area contributed by atoms with Gasteiger partial charge in [0.2, 0.25) is 5.91 Å². The monoisotopic (exact) mass is 852 g/mol. The zero-order valence-electron chi connectivity index (χ0n) is 30.9. The molecule has 1 N–H and O–H groups in total. The fourth-order valence-electron chi connectivity index (χ4n) is 5.01. The Labute approximate surface area is 361 Å². The largest absolute Gasteiger partial charge is 1.00 e. The second-order valence-corrected chi connectivity index (χ2v) is 10.6. The van der Waals surface area contributed by atoms with E-state index < -0.39 is 41.1 Å². The molecule has 0 aliphatic carbocycles. The first kappa shape index (κ1) is 48.9. The number of likely N-dealkylation sites (N-methyl/N-ethyl adjacent to an activating group) is 1. The molecule has 1 aliphatic heterocycles. The molecule has 0 saturated carbocycles. The summed E-state index contributed by atoms with van der Waals surface area (Å²) < 4.78 is 86.4. The van der Waals surface area contributed by atoms with Crippen LogP contribution in [0.3, 0.4) is 0 Å². The van der Waals surface area contributed by atoms with Gasteiger partial charge in [0.1, 0.15) is 35.6 Å². The first-order chi connectivity index (χ1) is 23.8. The molecule has 278 valence electrons. The van der Waals surface area contributed by atoms with Crippen molar-refractivity contribution in [2.45, 2.75) is 60.0 Å². The van der Waals surface area contributed by atoms with Crippen molar-refractivity contribution >= 4 is 18.7 Å². The van der Waals surface area contributed by atoms with Crippen LogP contribution >= 0.6 is 0 Å². The number of rotatable bonds is 7. The van der Waals surface area contributed by atoms with E-state index in [2.05, 4.69) is 14.8 Å². The molecule has 52 heavy (non-hydrogen) atoms. The molecule has 1 amide bonds. The van der Waals surface area contributed by atoms with Crippen LogP contribution in [0.5, 0.6) is 5.75 Å². The molecular weight excluding hydrogens is 808 g/mol. The van der Waals surface area contributed by atoms with Crippen molar-refractivity contribution in [2.24, 2.45) is 0 Å². The quantitative estimate of drug-likeness (QED) is 0.0866. The summed E-state index contributed by atoms with van der Waals surface area (Å²) in [7, 11) is 2.19. The molecule has 3 aromatic carbocycles. The summed E-state index contributed by atoms with van der Waals surface area (Å²) in [6.07, 6.45) is -3.60. The van der Waals surface area contributed by atoms with E-state index in [1.807, 2.05) is 32.9 Å². The van der Waals surface area contributed by atoms with Crippen LogP contribution in [0.2, 0.25) is 0 Å². The minimum atomic E-state index is -4.97. The Morgan fingerprint density at radius 1 is 1.06 bits per heavy atom. The van der Waals surface area contributed by atoms with Crippen molar-refractivity contribution in [1.29, 1.82) is 0 Å². The van der Waals surface area contributed by atoms with Gasteiger partial charge in [0.15, 0.2) is 12.0 Å². The minimum absolute atomic E-state index is 0. The van der Waals surface area contributed by atoms with Crippen molar-refractivity contribution < 1.29 is 119 Å². The van der Waals surface area contributed by atoms with Gasteiger partial charge in [-0.05, 0) is 79.4 Å². The van der Waals surface area contributed by atoms with E-state index in [0.29, 0.717) is 41.6 Å². The summed E-state index contributed by atoms with van der Waals surface area (Å²) >= 11 is 0. The maximum atomic E-state index is 15.3. The molecule has 4 rings (SSSR count). The van der Waals surface area contributed by atoms with Gasteiger partial charge in [-0.1, -0.05) is 32.0 Å². The van der Waals surface area contributed by atoms with Crippen LogP contribution in [0.4, 0.5) is 22.0 Å². The molecule has 1 heterocycles. The fraction of sp³-hybridized carbons (Fsp3) is 0.316. The number of aldehydes is 1. The van der Waals surface area contributed by atoms with Gasteiger partial charge in [0.05, 0.1) is 13.7 Å². The number of nitrogens with one attached hydrogen (secondary N) is 1. The number of amides is 1. The maximum Gasteiger partial charge on any atom is 1.00 e. The predicted octanol–water partition coefficient (Wildman–Crippen LogP) is 5.27. The van der Waals surface area contributed by atoms with Crippen LogP contribution in [0.1, 0.15) is 54.6 Å². The molecule has 14 heteroatoms. The SMILES string of the molecule is CC.CCOC=O.CO/C(C=O)=C(/C=C\N(C)C1C(=O)NCc2cc(cc(C)c2F)-c2c(C)cccc2OCc2ccc(F)c1c2)C(F)(F)F.[CH3-].[Cs+]. The molecule has 0 aromatic heterocycles. The van der Waals surface area contributed by atoms with Gasteiger partial charge in [-0.2, -0.15) is 13.2 Å². The second kappa shape index (κ2) is 23.5. The number of hydrogen-bond acceptors (Lipinski definition) is 7. The number of aryl methyl sites for hydroxylation is 2. The molecule has 0 spiro atoms. The van der Waals surface area contributed by atoms with E-state index in [4.69, 9.17) is 4.74 Å². The zero-order valence-corrected chi connectivity index (χ0v) is 37.2. The van der Waals surface area contributed by atoms with Gasteiger partial charge < -0.3 is 31.9 Å². The number of halogens is 5. The molecule has 4 bridgehead atoms. The Kier molecular flexibility index (Phi) is 22.1. The Morgan fingerprint density at radius 3 is 2.29 bits per heavy atom. The van der Waals surface area contributed by atoms with Gasteiger partial charge >= 0.3 is 75.1 Å². The third-order valence-corrected chi connectivity index (χ3v) is 7.32. The van der Waals surface area contributed by atoms with Gasteiger partial charge in [-0.15, -0.1) is 0 Å². The molecule has 8 nitrogen and oxygen atoms in total. The van der Waals surface area contributed by atoms with E-state index in [9.17, 15) is 27.6 Å². The van der Waals surface area contributed by atoms with E-state index in [1.54, 1.807) is 32.0 Å². The zero-order chi connectivity index (χ0) is 37.6. The smallest absolute Gasteiger partial charge is 0.493 e. The Bertz CT molecular complexity index is 1710. The summed E-state index contributed by atoms with van der Waals surface area (Å²) in [4.78, 5) is 35.0. The average Bonchev–Trinajstić information content (AvgIpc) is 3.08. The van der Waals surface area contributed by atoms with Gasteiger partial charge in [0.25, 0.3) is 6.47 Å². The average molecular weight is 853 g/mol. The van der Waals surface area contributed by atoms with E-state index in [-0.39, 0.29) is 107 Å². The Balaban J connectivity index is 0.00000266. The number of allylic oxidation sites excluding steroid dienone is 3. The van der Waals surface area contributed by atoms with Crippen LogP contribution in [0.15, 0.2) is 72.1 Å². The molecule has 1 aliphatic rings. The molecule has 0 fully saturated rings. The molecule has 0 saturated heterocycles. The summed E-state index contributed by atoms with van der Waals surface area (Å²) in [6, 6.07) is 11.2. The van der Waals surface area contributed by atoms with E-state index >= 15 is 8.78 Å². The maximum absolute atomic E-state index is 15.3. The van der Waals surface area contributed by atoms with Crippen LogP contribution in [0.25, 0.3) is 11.1 Å². The number of alkyl halides is 3. The number of methoxy groups -OCH3 is 1. The number of benzene rings is 3. The number of fused-ring (bicyclic) bond motifs is 6. The second-order valence-electron chi connectivity index (χ2n) is 10.6. The normalized spacial score (nSPS) is 13.9. The number of nitrogens with zero attached hydrogens (tertiary/aromatic N) is 1. The van der Waals surface area contributed by atoms with E-state index in [0.717, 1.165) is 35.4 Å². The number of ether oxygens (including phenoxy) is 3. The fourth-order valence-corrected chi connectivity index (χ4v) is 5.01. The summed E-state index contributed by atoms with van der Waals surface area (Å²) in [5.41, 5.74) is 1.69. The van der Waals surface area contributed by atoms with Crippen LogP contribution in [-0.4, -0.2) is 50.5 Å². The van der Waals surface area contributed by atoms with Crippen molar-refractivity contribution in [3.05, 3.63) is 119 Å². The van der Waals surface area contributed by atoms with Crippen molar-refractivity contribution in [2.75, 3.05) is 20.8 Å². The molecular formula is C38H44CsF5N2O6. The first-order valence-corrected chi connectivity index (χ1v) is 15.6. The van der Waals surface area contributed by atoms with Crippen molar-refractivity contribution in [3.8, 4) is 16.9 Å². The molecule has 3 aromatic rings. The van der Waals surface area contributed by atoms with Gasteiger partial charge in [-0.3, -0.25) is 14.4 Å². The minimum Gasteiger partial charge on any atom is -0.493 e. The van der Waals surface area contributed by atoms with Crippen LogP contribution in [-0.2, 0) is 37.0 Å². The third-order valence-electron chi connectivity index (χ3n) is 7.32. The summed E-state index contributed by atoms with van der Waals surface area (Å²) in [6.45, 7) is 9.83. The van der Waals surface area contributed by atoms with Crippen molar-refractivity contribution in [1.82, 2.24) is 10.2 Å². The standard InChI is InChI=1S/C32H29F5N2O4.C3H6O2.C2H6.CH3.Cs/c1-18-6-5-7-26-28(18)21-12-19(2)29(34)22(14-21)15-38-31(41)30(23-13-20(17-43-26)8-9-25(23)33)39(3)11-10-24(32(35,36)37)27(16-40)42-4;1-2-5-3-4;1-2;;/h5-14,16,30H,15,17H2,1-4H3,(H,38,41);3H,2H2,1H3;1-2H3;1H3;/q;;;-1;+1/b11-10-,27-24-;;;;. The topological polar surface area (TPSA) is 94.2 Å². The van der Waals surface area contributed by atoms with E-state index in [1.165, 1.54) is 19.2 Å². The predicted molar refractivity (Wildman–Crippen MR) is 185 cm³/mol. The van der Waals surface area contributed by atoms with Crippen molar-refractivity contribution in [3.63, 3.8) is 0 Å². The first-order valence-electron chi connectivity index (χ1n) is 15.6.